The van der Waals surface area contributed by atoms with E-state index in [1.54, 1.807) is 24.0 Å². The maximum atomic E-state index is 13.0. The lowest BCUT2D eigenvalue weighted by molar-refractivity contribution is -0.724. The van der Waals surface area contributed by atoms with Crippen molar-refractivity contribution in [3.05, 3.63) is 18.5 Å². The molecule has 0 unspecified atom stereocenters. The van der Waals surface area contributed by atoms with E-state index in [1.165, 1.54) is 4.57 Å². The monoisotopic (exact) mass is 157 g/mol. The second-order valence-corrected chi connectivity index (χ2v) is 2.73. The lowest BCUT2D eigenvalue weighted by Crippen LogP contribution is -2.36. The molecule has 0 aliphatic carbocycles. The highest BCUT2D eigenvalue weighted by Crippen LogP contribution is 1.91. The molecule has 62 valence electrons. The Morgan fingerprint density at radius 1 is 1.64 bits per heavy atom. The zero-order chi connectivity index (χ0) is 8.27. The third-order valence-electron chi connectivity index (χ3n) is 1.75. The van der Waals surface area contributed by atoms with Gasteiger partial charge in [-0.2, -0.15) is 0 Å². The van der Waals surface area contributed by atoms with Crippen molar-refractivity contribution in [2.75, 3.05) is 0 Å². The van der Waals surface area contributed by atoms with Crippen molar-refractivity contribution in [2.24, 2.45) is 7.05 Å². The van der Waals surface area contributed by atoms with Gasteiger partial charge >= 0.3 is 6.08 Å². The first-order valence-corrected chi connectivity index (χ1v) is 3.96. The van der Waals surface area contributed by atoms with E-state index in [9.17, 15) is 4.39 Å². The SMILES string of the molecule is CCCC[n+]1ccn(C)c1F. The van der Waals surface area contributed by atoms with Crippen LogP contribution in [0.5, 0.6) is 0 Å². The van der Waals surface area contributed by atoms with Gasteiger partial charge in [-0.25, -0.2) is 9.13 Å². The summed E-state index contributed by atoms with van der Waals surface area (Å²) in [6.45, 7) is 2.88. The predicted molar refractivity (Wildman–Crippen MR) is 40.5 cm³/mol. The highest BCUT2D eigenvalue weighted by atomic mass is 19.1. The zero-order valence-electron chi connectivity index (χ0n) is 7.05. The summed E-state index contributed by atoms with van der Waals surface area (Å²) in [6.07, 6.45) is 5.46. The Kier molecular flexibility index (Phi) is 2.63. The molecule has 1 heterocycles. The molecule has 0 amide bonds. The molecule has 0 atom stereocenters. The maximum absolute atomic E-state index is 13.0. The van der Waals surface area contributed by atoms with E-state index in [4.69, 9.17) is 0 Å². The molecule has 0 N–H and O–H groups in total. The third-order valence-corrected chi connectivity index (χ3v) is 1.75. The molecular formula is C8H14FN2+. The Balaban J connectivity index is 2.63. The molecule has 1 aromatic heterocycles. The first kappa shape index (κ1) is 8.24. The number of nitrogens with zero attached hydrogens (tertiary/aromatic N) is 2. The smallest absolute Gasteiger partial charge is 0.207 e. The second-order valence-electron chi connectivity index (χ2n) is 2.73. The van der Waals surface area contributed by atoms with Crippen LogP contribution in [0.4, 0.5) is 4.39 Å². The van der Waals surface area contributed by atoms with Crippen LogP contribution in [-0.4, -0.2) is 4.57 Å². The van der Waals surface area contributed by atoms with E-state index in [0.29, 0.717) is 0 Å². The fraction of sp³-hybridized carbons (Fsp3) is 0.625. The van der Waals surface area contributed by atoms with Gasteiger partial charge in [0.05, 0.1) is 13.6 Å². The van der Waals surface area contributed by atoms with Gasteiger partial charge in [0.2, 0.25) is 0 Å². The molecule has 0 bridgehead atoms. The summed E-state index contributed by atoms with van der Waals surface area (Å²) in [5, 5.41) is 0. The summed E-state index contributed by atoms with van der Waals surface area (Å²) in [7, 11) is 1.71. The molecular weight excluding hydrogens is 143 g/mol. The maximum Gasteiger partial charge on any atom is 0.445 e. The minimum atomic E-state index is -0.168. The van der Waals surface area contributed by atoms with E-state index < -0.39 is 0 Å². The highest BCUT2D eigenvalue weighted by Gasteiger charge is 2.11. The van der Waals surface area contributed by atoms with Crippen LogP contribution in [0.3, 0.4) is 0 Å². The normalized spacial score (nSPS) is 10.5. The van der Waals surface area contributed by atoms with Gasteiger partial charge in [-0.3, -0.25) is 0 Å². The van der Waals surface area contributed by atoms with Gasteiger partial charge in [0, 0.05) is 0 Å². The Morgan fingerprint density at radius 2 is 2.36 bits per heavy atom. The number of rotatable bonds is 3. The van der Waals surface area contributed by atoms with Gasteiger partial charge < -0.3 is 0 Å². The van der Waals surface area contributed by atoms with Gasteiger partial charge in [0.25, 0.3) is 0 Å². The van der Waals surface area contributed by atoms with E-state index in [-0.39, 0.29) is 6.08 Å². The van der Waals surface area contributed by atoms with Gasteiger partial charge in [0.1, 0.15) is 12.4 Å². The molecule has 0 saturated carbocycles. The van der Waals surface area contributed by atoms with Gasteiger partial charge in [-0.05, 0) is 6.42 Å². The van der Waals surface area contributed by atoms with Crippen LogP contribution in [0, 0.1) is 6.08 Å². The van der Waals surface area contributed by atoms with Gasteiger partial charge in [0.15, 0.2) is 0 Å². The van der Waals surface area contributed by atoms with Crippen molar-refractivity contribution in [1.82, 2.24) is 4.57 Å². The van der Waals surface area contributed by atoms with Crippen LogP contribution in [-0.2, 0) is 13.6 Å². The molecule has 0 aliphatic rings. The number of hydrogen-bond donors (Lipinski definition) is 0. The third kappa shape index (κ3) is 1.79. The van der Waals surface area contributed by atoms with Crippen LogP contribution in [0.15, 0.2) is 12.4 Å². The van der Waals surface area contributed by atoms with E-state index in [0.717, 1.165) is 19.4 Å². The van der Waals surface area contributed by atoms with Crippen molar-refractivity contribution >= 4 is 0 Å². The zero-order valence-corrected chi connectivity index (χ0v) is 7.05. The Morgan fingerprint density at radius 3 is 2.82 bits per heavy atom. The van der Waals surface area contributed by atoms with Crippen LogP contribution < -0.4 is 4.57 Å². The van der Waals surface area contributed by atoms with Crippen LogP contribution in [0.2, 0.25) is 0 Å². The number of unbranched alkanes of at least 4 members (excludes halogenated alkanes) is 1. The lowest BCUT2D eigenvalue weighted by Gasteiger charge is -1.92. The Hall–Kier alpha value is -0.860. The van der Waals surface area contributed by atoms with E-state index >= 15 is 0 Å². The number of hydrogen-bond acceptors (Lipinski definition) is 0. The van der Waals surface area contributed by atoms with E-state index in [1.807, 2.05) is 0 Å². The Labute approximate surface area is 66.3 Å². The standard InChI is InChI=1S/C8H14FN2/c1-3-4-5-11-7-6-10(2)8(11)9/h6-7H,3-5H2,1-2H3/q+1. The molecule has 0 spiro atoms. The van der Waals surface area contributed by atoms with Crippen molar-refractivity contribution in [2.45, 2.75) is 26.3 Å². The fourth-order valence-corrected chi connectivity index (χ4v) is 1.00. The second kappa shape index (κ2) is 3.51. The minimum Gasteiger partial charge on any atom is -0.207 e. The summed E-state index contributed by atoms with van der Waals surface area (Å²) in [5.74, 6) is 0. The summed E-state index contributed by atoms with van der Waals surface area (Å²) in [6, 6.07) is 0. The quantitative estimate of drug-likeness (QED) is 0.584. The van der Waals surface area contributed by atoms with Crippen LogP contribution >= 0.6 is 0 Å². The molecule has 11 heavy (non-hydrogen) atoms. The fourth-order valence-electron chi connectivity index (χ4n) is 1.00. The van der Waals surface area contributed by atoms with E-state index in [2.05, 4.69) is 6.92 Å². The molecule has 2 nitrogen and oxygen atoms in total. The number of aryl methyl sites for hydroxylation is 2. The van der Waals surface area contributed by atoms with Crippen LogP contribution in [0.1, 0.15) is 19.8 Å². The highest BCUT2D eigenvalue weighted by molar-refractivity contribution is 4.65. The Bertz CT molecular complexity index is 230. The topological polar surface area (TPSA) is 8.81 Å². The number of imidazole rings is 1. The molecule has 0 aliphatic heterocycles. The molecule has 0 saturated heterocycles. The summed E-state index contributed by atoms with van der Waals surface area (Å²) in [5.41, 5.74) is 0. The van der Waals surface area contributed by atoms with Crippen molar-refractivity contribution < 1.29 is 8.96 Å². The number of aromatic nitrogens is 2. The number of halogens is 1. The summed E-state index contributed by atoms with van der Waals surface area (Å²) < 4.78 is 16.1. The van der Waals surface area contributed by atoms with Gasteiger partial charge in [-0.1, -0.05) is 13.3 Å². The first-order valence-electron chi connectivity index (χ1n) is 3.96. The van der Waals surface area contributed by atoms with Crippen LogP contribution in [0.25, 0.3) is 0 Å². The largest absolute Gasteiger partial charge is 0.445 e. The lowest BCUT2D eigenvalue weighted by atomic mass is 10.3. The van der Waals surface area contributed by atoms with Crippen molar-refractivity contribution in [3.63, 3.8) is 0 Å². The molecule has 0 aromatic carbocycles. The molecule has 1 aromatic rings. The molecule has 1 rings (SSSR count). The summed E-state index contributed by atoms with van der Waals surface area (Å²) in [4.78, 5) is 0. The predicted octanol–water partition coefficient (Wildman–Crippen LogP) is 1.25. The first-order chi connectivity index (χ1) is 5.25. The van der Waals surface area contributed by atoms with Crippen molar-refractivity contribution in [1.29, 1.82) is 0 Å². The molecule has 0 radical (unpaired) electrons. The molecule has 3 heteroatoms. The minimum absolute atomic E-state index is 0.168. The average Bonchev–Trinajstić information content (AvgIpc) is 2.31. The van der Waals surface area contributed by atoms with Crippen molar-refractivity contribution in [3.8, 4) is 0 Å². The summed E-state index contributed by atoms with van der Waals surface area (Å²) >= 11 is 0. The average molecular weight is 157 g/mol. The van der Waals surface area contributed by atoms with Gasteiger partial charge in [-0.15, -0.1) is 4.39 Å². The molecule has 0 fully saturated rings.